The third-order valence-electron chi connectivity index (χ3n) is 3.15. The summed E-state index contributed by atoms with van der Waals surface area (Å²) in [7, 11) is 1.55. The van der Waals surface area contributed by atoms with E-state index >= 15 is 0 Å². The maximum atomic E-state index is 12.0. The van der Waals surface area contributed by atoms with Crippen molar-refractivity contribution < 1.29 is 9.59 Å². The average Bonchev–Trinajstić information content (AvgIpc) is 3.04. The van der Waals surface area contributed by atoms with Crippen molar-refractivity contribution in [1.29, 1.82) is 0 Å². The highest BCUT2D eigenvalue weighted by molar-refractivity contribution is 6.01. The van der Waals surface area contributed by atoms with Crippen molar-refractivity contribution in [3.63, 3.8) is 0 Å². The number of aromatic nitrogens is 5. The van der Waals surface area contributed by atoms with E-state index in [-0.39, 0.29) is 18.3 Å². The van der Waals surface area contributed by atoms with Crippen LogP contribution >= 0.6 is 0 Å². The molecule has 2 aromatic rings. The Balaban J connectivity index is 1.62. The standard InChI is InChI=1S/C12H15N7O2/c1-13-9(20)6-19-5-8(4-14-19)15-12(21)11-16-10(17-18-11)7-2-3-7/h4-5,7H,2-3,6H2,1H3,(H,13,20)(H,15,21)(H,16,17,18). The van der Waals surface area contributed by atoms with Crippen molar-refractivity contribution in [3.8, 4) is 0 Å². The quantitative estimate of drug-likeness (QED) is 0.709. The lowest BCUT2D eigenvalue weighted by molar-refractivity contribution is -0.121. The number of likely N-dealkylation sites (N-methyl/N-ethyl adjacent to an activating group) is 1. The van der Waals surface area contributed by atoms with Gasteiger partial charge in [0.2, 0.25) is 11.7 Å². The van der Waals surface area contributed by atoms with E-state index < -0.39 is 5.91 Å². The molecule has 1 aliphatic rings. The molecule has 2 aromatic heterocycles. The molecule has 0 atom stereocenters. The van der Waals surface area contributed by atoms with Gasteiger partial charge in [-0.25, -0.2) is 4.98 Å². The molecule has 0 saturated heterocycles. The molecule has 3 N–H and O–H groups in total. The molecule has 3 rings (SSSR count). The second-order valence-electron chi connectivity index (χ2n) is 4.87. The first-order valence-electron chi connectivity index (χ1n) is 6.62. The van der Waals surface area contributed by atoms with Gasteiger partial charge in [0.05, 0.1) is 11.9 Å². The molecule has 2 heterocycles. The average molecular weight is 289 g/mol. The van der Waals surface area contributed by atoms with E-state index in [4.69, 9.17) is 0 Å². The summed E-state index contributed by atoms with van der Waals surface area (Å²) in [6, 6.07) is 0. The Morgan fingerprint density at radius 3 is 3.00 bits per heavy atom. The predicted molar refractivity (Wildman–Crippen MR) is 72.6 cm³/mol. The topological polar surface area (TPSA) is 118 Å². The van der Waals surface area contributed by atoms with Crippen LogP contribution in [0.4, 0.5) is 5.69 Å². The maximum Gasteiger partial charge on any atom is 0.295 e. The van der Waals surface area contributed by atoms with Crippen LogP contribution in [0.2, 0.25) is 0 Å². The van der Waals surface area contributed by atoms with Gasteiger partial charge < -0.3 is 10.6 Å². The first-order valence-corrected chi connectivity index (χ1v) is 6.62. The molecule has 110 valence electrons. The molecular weight excluding hydrogens is 274 g/mol. The third-order valence-corrected chi connectivity index (χ3v) is 3.15. The number of hydrogen-bond donors (Lipinski definition) is 3. The lowest BCUT2D eigenvalue weighted by Gasteiger charge is -1.99. The van der Waals surface area contributed by atoms with Crippen LogP contribution in [-0.2, 0) is 11.3 Å². The fourth-order valence-corrected chi connectivity index (χ4v) is 1.84. The molecule has 0 spiro atoms. The summed E-state index contributed by atoms with van der Waals surface area (Å²) < 4.78 is 1.43. The summed E-state index contributed by atoms with van der Waals surface area (Å²) in [6.45, 7) is 0.0961. The number of hydrogen-bond acceptors (Lipinski definition) is 5. The van der Waals surface area contributed by atoms with Crippen LogP contribution in [0.1, 0.15) is 35.2 Å². The van der Waals surface area contributed by atoms with Gasteiger partial charge in [0.1, 0.15) is 12.4 Å². The van der Waals surface area contributed by atoms with Crippen molar-refractivity contribution >= 4 is 17.5 Å². The van der Waals surface area contributed by atoms with Gasteiger partial charge in [-0.15, -0.1) is 5.10 Å². The van der Waals surface area contributed by atoms with Gasteiger partial charge >= 0.3 is 0 Å². The number of H-pyrrole nitrogens is 1. The fourth-order valence-electron chi connectivity index (χ4n) is 1.84. The van der Waals surface area contributed by atoms with E-state index in [1.807, 2.05) is 0 Å². The zero-order valence-corrected chi connectivity index (χ0v) is 11.5. The summed E-state index contributed by atoms with van der Waals surface area (Å²) in [5, 5.41) is 15.8. The minimum absolute atomic E-state index is 0.0961. The van der Waals surface area contributed by atoms with Crippen LogP contribution < -0.4 is 10.6 Å². The highest BCUT2D eigenvalue weighted by Crippen LogP contribution is 2.37. The zero-order valence-electron chi connectivity index (χ0n) is 11.5. The van der Waals surface area contributed by atoms with Gasteiger partial charge in [-0.05, 0) is 12.8 Å². The van der Waals surface area contributed by atoms with E-state index in [0.717, 1.165) is 18.7 Å². The van der Waals surface area contributed by atoms with E-state index in [1.54, 1.807) is 13.2 Å². The number of amides is 2. The summed E-state index contributed by atoms with van der Waals surface area (Å²) >= 11 is 0. The first kappa shape index (κ1) is 13.3. The van der Waals surface area contributed by atoms with E-state index in [9.17, 15) is 9.59 Å². The predicted octanol–water partition coefficient (Wildman–Crippen LogP) is -0.123. The van der Waals surface area contributed by atoms with Gasteiger partial charge in [0.25, 0.3) is 5.91 Å². The van der Waals surface area contributed by atoms with Gasteiger partial charge in [0.15, 0.2) is 0 Å². The molecule has 1 saturated carbocycles. The fraction of sp³-hybridized carbons (Fsp3) is 0.417. The third kappa shape index (κ3) is 3.07. The van der Waals surface area contributed by atoms with Crippen molar-refractivity contribution in [3.05, 3.63) is 24.0 Å². The number of aromatic amines is 1. The summed E-state index contributed by atoms with van der Waals surface area (Å²) in [4.78, 5) is 27.4. The summed E-state index contributed by atoms with van der Waals surface area (Å²) in [5.74, 6) is 0.706. The number of carbonyl (C=O) groups is 2. The highest BCUT2D eigenvalue weighted by atomic mass is 16.2. The van der Waals surface area contributed by atoms with Crippen LogP contribution in [0, 0.1) is 0 Å². The second kappa shape index (κ2) is 5.35. The molecule has 9 heteroatoms. The van der Waals surface area contributed by atoms with Crippen molar-refractivity contribution in [2.24, 2.45) is 0 Å². The van der Waals surface area contributed by atoms with E-state index in [2.05, 4.69) is 30.9 Å². The van der Waals surface area contributed by atoms with Crippen LogP contribution in [0.25, 0.3) is 0 Å². The number of rotatable bonds is 5. The van der Waals surface area contributed by atoms with Gasteiger partial charge in [-0.3, -0.25) is 19.4 Å². The van der Waals surface area contributed by atoms with E-state index in [0.29, 0.717) is 11.6 Å². The Morgan fingerprint density at radius 2 is 2.29 bits per heavy atom. The Hall–Kier alpha value is -2.71. The molecule has 0 unspecified atom stereocenters. The number of nitrogens with zero attached hydrogens (tertiary/aromatic N) is 4. The maximum absolute atomic E-state index is 12.0. The molecule has 0 aromatic carbocycles. The number of nitrogens with one attached hydrogen (secondary N) is 3. The van der Waals surface area contributed by atoms with Crippen molar-refractivity contribution in [2.75, 3.05) is 12.4 Å². The van der Waals surface area contributed by atoms with Crippen LogP contribution in [-0.4, -0.2) is 43.8 Å². The lowest BCUT2D eigenvalue weighted by Crippen LogP contribution is -2.23. The summed E-state index contributed by atoms with van der Waals surface area (Å²) in [5.41, 5.74) is 0.488. The molecule has 9 nitrogen and oxygen atoms in total. The molecule has 0 bridgehead atoms. The summed E-state index contributed by atoms with van der Waals surface area (Å²) in [6.07, 6.45) is 5.21. The number of carbonyl (C=O) groups excluding carboxylic acids is 2. The second-order valence-corrected chi connectivity index (χ2v) is 4.87. The molecule has 21 heavy (non-hydrogen) atoms. The van der Waals surface area contributed by atoms with Crippen molar-refractivity contribution in [2.45, 2.75) is 25.3 Å². The van der Waals surface area contributed by atoms with Crippen LogP contribution in [0.5, 0.6) is 0 Å². The van der Waals surface area contributed by atoms with Crippen LogP contribution in [0.15, 0.2) is 12.4 Å². The molecule has 1 aliphatic carbocycles. The normalized spacial score (nSPS) is 14.0. The highest BCUT2D eigenvalue weighted by Gasteiger charge is 2.28. The van der Waals surface area contributed by atoms with Crippen LogP contribution in [0.3, 0.4) is 0 Å². The minimum Gasteiger partial charge on any atom is -0.358 e. The molecule has 2 amide bonds. The number of anilines is 1. The largest absolute Gasteiger partial charge is 0.358 e. The smallest absolute Gasteiger partial charge is 0.295 e. The van der Waals surface area contributed by atoms with Gasteiger partial charge in [-0.1, -0.05) is 0 Å². The minimum atomic E-state index is -0.405. The lowest BCUT2D eigenvalue weighted by atomic mass is 10.4. The van der Waals surface area contributed by atoms with Crippen molar-refractivity contribution in [1.82, 2.24) is 30.3 Å². The Labute approximate surface area is 120 Å². The monoisotopic (exact) mass is 289 g/mol. The Kier molecular flexibility index (Phi) is 3.38. The molecule has 0 aliphatic heterocycles. The zero-order chi connectivity index (χ0) is 14.8. The Bertz CT molecular complexity index is 671. The van der Waals surface area contributed by atoms with Gasteiger partial charge in [0, 0.05) is 19.2 Å². The SMILES string of the molecule is CNC(=O)Cn1cc(NC(=O)c2n[nH]c(C3CC3)n2)cn1. The Morgan fingerprint density at radius 1 is 1.48 bits per heavy atom. The molecular formula is C12H15N7O2. The van der Waals surface area contributed by atoms with Gasteiger partial charge in [-0.2, -0.15) is 5.10 Å². The first-order chi connectivity index (χ1) is 10.2. The van der Waals surface area contributed by atoms with E-state index in [1.165, 1.54) is 10.9 Å². The molecule has 0 radical (unpaired) electrons. The molecule has 1 fully saturated rings.